The van der Waals surface area contributed by atoms with Gasteiger partial charge in [-0.1, -0.05) is 52.2 Å². The Morgan fingerprint density at radius 2 is 1.89 bits per heavy atom. The second-order valence-corrected chi connectivity index (χ2v) is 7.55. The third-order valence-electron chi connectivity index (χ3n) is 4.40. The summed E-state index contributed by atoms with van der Waals surface area (Å²) in [5, 5.41) is 6.52. The van der Waals surface area contributed by atoms with Crippen LogP contribution < -0.4 is 5.56 Å². The molecule has 2 heterocycles. The van der Waals surface area contributed by atoms with Crippen LogP contribution in [0.25, 0.3) is 21.8 Å². The number of aromatic nitrogens is 4. The number of fused-ring (bicyclic) bond motifs is 2. The van der Waals surface area contributed by atoms with Crippen LogP contribution in [0.3, 0.4) is 0 Å². The van der Waals surface area contributed by atoms with Gasteiger partial charge in [-0.25, -0.2) is 9.67 Å². The highest BCUT2D eigenvalue weighted by Crippen LogP contribution is 2.27. The maximum atomic E-state index is 13.1. The molecule has 2 aromatic carbocycles. The lowest BCUT2D eigenvalue weighted by Crippen LogP contribution is -2.25. The fraction of sp³-hybridized carbons (Fsp3) is 0.150. The number of rotatable bonds is 3. The SMILES string of the molecule is CC#CCn1c(Br)nc2cnn(Cc3ccc(Br)c4ccccc34)c(=O)c21. The third kappa shape index (κ3) is 3.20. The second kappa shape index (κ2) is 7.29. The summed E-state index contributed by atoms with van der Waals surface area (Å²) in [5.74, 6) is 5.83. The van der Waals surface area contributed by atoms with Crippen LogP contribution in [-0.2, 0) is 13.1 Å². The molecule has 0 N–H and O–H groups in total. The summed E-state index contributed by atoms with van der Waals surface area (Å²) in [6.07, 6.45) is 1.62. The van der Waals surface area contributed by atoms with E-state index in [0.29, 0.717) is 28.9 Å². The van der Waals surface area contributed by atoms with E-state index >= 15 is 0 Å². The fourth-order valence-electron chi connectivity index (χ4n) is 3.10. The van der Waals surface area contributed by atoms with E-state index in [9.17, 15) is 4.79 Å². The van der Waals surface area contributed by atoms with Crippen LogP contribution in [0.1, 0.15) is 12.5 Å². The van der Waals surface area contributed by atoms with Crippen molar-refractivity contribution in [3.05, 3.63) is 67.7 Å². The number of benzene rings is 2. The average Bonchev–Trinajstić information content (AvgIpc) is 3.00. The van der Waals surface area contributed by atoms with Gasteiger partial charge in [0, 0.05) is 4.47 Å². The maximum Gasteiger partial charge on any atom is 0.293 e. The van der Waals surface area contributed by atoms with Crippen LogP contribution in [0, 0.1) is 11.8 Å². The molecule has 0 saturated carbocycles. The van der Waals surface area contributed by atoms with E-state index in [1.807, 2.05) is 24.3 Å². The summed E-state index contributed by atoms with van der Waals surface area (Å²) >= 11 is 6.99. The van der Waals surface area contributed by atoms with Crippen LogP contribution in [0.2, 0.25) is 0 Å². The van der Waals surface area contributed by atoms with Crippen molar-refractivity contribution in [3.63, 3.8) is 0 Å². The van der Waals surface area contributed by atoms with Gasteiger partial charge in [0.2, 0.25) is 0 Å². The molecule has 2 aromatic heterocycles. The van der Waals surface area contributed by atoms with E-state index in [2.05, 4.69) is 65.9 Å². The molecular formula is C20H14Br2N4O. The zero-order valence-electron chi connectivity index (χ0n) is 14.4. The van der Waals surface area contributed by atoms with Crippen LogP contribution in [0.4, 0.5) is 0 Å². The molecule has 0 atom stereocenters. The summed E-state index contributed by atoms with van der Waals surface area (Å²) in [6, 6.07) is 12.1. The van der Waals surface area contributed by atoms with Gasteiger partial charge in [0.15, 0.2) is 4.73 Å². The normalized spacial score (nSPS) is 10.9. The molecule has 0 bridgehead atoms. The number of hydrogen-bond acceptors (Lipinski definition) is 3. The van der Waals surface area contributed by atoms with Gasteiger partial charge < -0.3 is 4.57 Å². The number of halogens is 2. The summed E-state index contributed by atoms with van der Waals surface area (Å²) in [6.45, 7) is 2.55. The van der Waals surface area contributed by atoms with Crippen LogP contribution in [-0.4, -0.2) is 19.3 Å². The van der Waals surface area contributed by atoms with Crippen molar-refractivity contribution in [2.24, 2.45) is 0 Å². The topological polar surface area (TPSA) is 52.7 Å². The minimum atomic E-state index is -0.185. The van der Waals surface area contributed by atoms with Crippen molar-refractivity contribution in [3.8, 4) is 11.8 Å². The molecular weight excluding hydrogens is 472 g/mol. The smallest absolute Gasteiger partial charge is 0.293 e. The summed E-state index contributed by atoms with van der Waals surface area (Å²) < 4.78 is 4.84. The van der Waals surface area contributed by atoms with Crippen LogP contribution in [0.15, 0.2) is 56.6 Å². The highest BCUT2D eigenvalue weighted by atomic mass is 79.9. The Hall–Kier alpha value is -2.43. The number of hydrogen-bond donors (Lipinski definition) is 0. The Bertz CT molecular complexity index is 1290. The Morgan fingerprint density at radius 3 is 2.67 bits per heavy atom. The van der Waals surface area contributed by atoms with Gasteiger partial charge >= 0.3 is 0 Å². The zero-order chi connectivity index (χ0) is 19.0. The van der Waals surface area contributed by atoms with Crippen molar-refractivity contribution < 1.29 is 0 Å². The number of nitrogens with zero attached hydrogens (tertiary/aromatic N) is 4. The highest BCUT2D eigenvalue weighted by Gasteiger charge is 2.15. The molecule has 0 radical (unpaired) electrons. The molecule has 0 fully saturated rings. The molecule has 0 aliphatic heterocycles. The van der Waals surface area contributed by atoms with Crippen molar-refractivity contribution in [1.29, 1.82) is 0 Å². The zero-order valence-corrected chi connectivity index (χ0v) is 17.6. The predicted molar refractivity (Wildman–Crippen MR) is 114 cm³/mol. The maximum absolute atomic E-state index is 13.1. The first-order chi connectivity index (χ1) is 13.1. The Morgan fingerprint density at radius 1 is 1.11 bits per heavy atom. The minimum absolute atomic E-state index is 0.185. The van der Waals surface area contributed by atoms with Gasteiger partial charge in [0.05, 0.1) is 19.3 Å². The van der Waals surface area contributed by atoms with Gasteiger partial charge in [-0.05, 0) is 45.3 Å². The fourth-order valence-corrected chi connectivity index (χ4v) is 4.07. The minimum Gasteiger partial charge on any atom is -0.302 e. The molecule has 0 aliphatic carbocycles. The van der Waals surface area contributed by atoms with E-state index in [1.54, 1.807) is 17.7 Å². The van der Waals surface area contributed by atoms with Crippen LogP contribution >= 0.6 is 31.9 Å². The van der Waals surface area contributed by atoms with Crippen LogP contribution in [0.5, 0.6) is 0 Å². The molecule has 134 valence electrons. The molecule has 4 aromatic rings. The molecule has 5 nitrogen and oxygen atoms in total. The lowest BCUT2D eigenvalue weighted by molar-refractivity contribution is 0.645. The quantitative estimate of drug-likeness (QED) is 0.405. The molecule has 27 heavy (non-hydrogen) atoms. The van der Waals surface area contributed by atoms with Crippen molar-refractivity contribution in [1.82, 2.24) is 19.3 Å². The summed E-state index contributed by atoms with van der Waals surface area (Å²) in [5.41, 5.74) is 1.90. The van der Waals surface area contributed by atoms with Gasteiger partial charge in [0.1, 0.15) is 11.0 Å². The summed E-state index contributed by atoms with van der Waals surface area (Å²) in [4.78, 5) is 17.5. The van der Waals surface area contributed by atoms with E-state index in [1.165, 1.54) is 4.68 Å². The predicted octanol–water partition coefficient (Wildman–Crippen LogP) is 4.34. The van der Waals surface area contributed by atoms with E-state index in [0.717, 1.165) is 20.8 Å². The third-order valence-corrected chi connectivity index (χ3v) is 5.70. The molecule has 4 rings (SSSR count). The van der Waals surface area contributed by atoms with Crippen molar-refractivity contribution in [2.45, 2.75) is 20.0 Å². The molecule has 7 heteroatoms. The monoisotopic (exact) mass is 484 g/mol. The van der Waals surface area contributed by atoms with E-state index < -0.39 is 0 Å². The van der Waals surface area contributed by atoms with Gasteiger partial charge in [0.25, 0.3) is 5.56 Å². The molecule has 0 unspecified atom stereocenters. The molecule has 0 spiro atoms. The lowest BCUT2D eigenvalue weighted by atomic mass is 10.0. The first-order valence-electron chi connectivity index (χ1n) is 8.27. The lowest BCUT2D eigenvalue weighted by Gasteiger charge is -2.10. The molecule has 0 aliphatic rings. The first kappa shape index (κ1) is 18.0. The Labute approximate surface area is 172 Å². The Balaban J connectivity index is 1.86. The Kier molecular flexibility index (Phi) is 4.85. The summed E-state index contributed by atoms with van der Waals surface area (Å²) in [7, 11) is 0. The molecule has 0 saturated heterocycles. The highest BCUT2D eigenvalue weighted by molar-refractivity contribution is 9.10. The molecule has 0 amide bonds. The number of imidazole rings is 1. The second-order valence-electron chi connectivity index (χ2n) is 5.99. The average molecular weight is 486 g/mol. The van der Waals surface area contributed by atoms with E-state index in [4.69, 9.17) is 0 Å². The van der Waals surface area contributed by atoms with E-state index in [-0.39, 0.29) is 5.56 Å². The van der Waals surface area contributed by atoms with Crippen molar-refractivity contribution >= 4 is 53.7 Å². The largest absolute Gasteiger partial charge is 0.302 e. The standard InChI is InChI=1S/C20H14Br2N4O/c1-2-3-10-25-18-17(24-20(25)22)11-23-26(19(18)27)12-13-8-9-16(21)15-7-5-4-6-14(13)15/h4-9,11H,10,12H2,1H3. The first-order valence-corrected chi connectivity index (χ1v) is 9.86. The van der Waals surface area contributed by atoms with Gasteiger partial charge in [-0.3, -0.25) is 4.79 Å². The van der Waals surface area contributed by atoms with Gasteiger partial charge in [-0.15, -0.1) is 5.92 Å². The van der Waals surface area contributed by atoms with Crippen molar-refractivity contribution in [2.75, 3.05) is 0 Å². The van der Waals surface area contributed by atoms with Gasteiger partial charge in [-0.2, -0.15) is 5.10 Å².